The summed E-state index contributed by atoms with van der Waals surface area (Å²) in [7, 11) is 1.55. The van der Waals surface area contributed by atoms with Crippen LogP contribution in [0.25, 0.3) is 6.08 Å². The highest BCUT2D eigenvalue weighted by atomic mass is 16.5. The van der Waals surface area contributed by atoms with Crippen molar-refractivity contribution in [1.82, 2.24) is 9.78 Å². The highest BCUT2D eigenvalue weighted by molar-refractivity contribution is 5.99. The molecule has 0 radical (unpaired) electrons. The Balaban J connectivity index is 1.49. The molecule has 0 unspecified atom stereocenters. The number of Topliss-reactive ketones (excluding diaryl/α,β-unsaturated/α-hetero) is 1. The number of hydrogen-bond acceptors (Lipinski definition) is 5. The smallest absolute Gasteiger partial charge is 0.331 e. The van der Waals surface area contributed by atoms with Crippen molar-refractivity contribution in [3.8, 4) is 5.75 Å². The Morgan fingerprint density at radius 1 is 1.07 bits per heavy atom. The molecule has 0 aliphatic rings. The van der Waals surface area contributed by atoms with Crippen LogP contribution in [0.4, 0.5) is 0 Å². The van der Waals surface area contributed by atoms with Crippen LogP contribution >= 0.6 is 0 Å². The van der Waals surface area contributed by atoms with Crippen LogP contribution < -0.4 is 4.74 Å². The van der Waals surface area contributed by atoms with E-state index in [1.54, 1.807) is 48.3 Å². The van der Waals surface area contributed by atoms with Gasteiger partial charge in [0.25, 0.3) is 0 Å². The number of nitrogens with zero attached hydrogens (tertiary/aromatic N) is 2. The number of carbonyl (C=O) groups is 2. The number of rotatable bonds is 8. The van der Waals surface area contributed by atoms with Crippen LogP contribution in [-0.4, -0.2) is 35.2 Å². The normalized spacial score (nSPS) is 10.8. The zero-order valence-corrected chi connectivity index (χ0v) is 15.4. The third kappa shape index (κ3) is 5.41. The van der Waals surface area contributed by atoms with Gasteiger partial charge in [-0.05, 0) is 35.9 Å². The average molecular weight is 376 g/mol. The summed E-state index contributed by atoms with van der Waals surface area (Å²) >= 11 is 0. The third-order valence-electron chi connectivity index (χ3n) is 4.01. The number of benzene rings is 2. The fourth-order valence-electron chi connectivity index (χ4n) is 2.53. The van der Waals surface area contributed by atoms with Gasteiger partial charge in [0.1, 0.15) is 5.75 Å². The molecule has 0 N–H and O–H groups in total. The molecule has 0 spiro atoms. The Morgan fingerprint density at radius 3 is 2.54 bits per heavy atom. The summed E-state index contributed by atoms with van der Waals surface area (Å²) < 4.78 is 11.8. The SMILES string of the molecule is COc1ccc(C(=O)COC(=O)/C=C/c2cnn(Cc3ccccc3)c2)cc1. The molecule has 6 nitrogen and oxygen atoms in total. The van der Waals surface area contributed by atoms with E-state index in [0.29, 0.717) is 17.9 Å². The van der Waals surface area contributed by atoms with E-state index in [4.69, 9.17) is 9.47 Å². The standard InChI is InChI=1S/C22H20N2O4/c1-27-20-10-8-19(9-11-20)21(25)16-28-22(26)12-7-18-13-23-24(15-18)14-17-5-3-2-4-6-17/h2-13,15H,14,16H2,1H3/b12-7+. The molecule has 0 aliphatic carbocycles. The number of methoxy groups -OCH3 is 1. The second-order valence-electron chi connectivity index (χ2n) is 6.05. The van der Waals surface area contributed by atoms with Crippen molar-refractivity contribution in [2.75, 3.05) is 13.7 Å². The lowest BCUT2D eigenvalue weighted by molar-refractivity contribution is -0.136. The monoisotopic (exact) mass is 376 g/mol. The predicted molar refractivity (Wildman–Crippen MR) is 105 cm³/mol. The topological polar surface area (TPSA) is 70.4 Å². The van der Waals surface area contributed by atoms with Crippen molar-refractivity contribution in [2.24, 2.45) is 0 Å². The fourth-order valence-corrected chi connectivity index (χ4v) is 2.53. The van der Waals surface area contributed by atoms with Crippen LogP contribution in [0, 0.1) is 0 Å². The van der Waals surface area contributed by atoms with Gasteiger partial charge < -0.3 is 9.47 Å². The summed E-state index contributed by atoms with van der Waals surface area (Å²) in [4.78, 5) is 23.9. The van der Waals surface area contributed by atoms with E-state index in [1.165, 1.54) is 6.08 Å². The second-order valence-corrected chi connectivity index (χ2v) is 6.05. The summed E-state index contributed by atoms with van der Waals surface area (Å²) in [5.41, 5.74) is 2.37. The molecule has 0 aliphatic heterocycles. The number of esters is 1. The fraction of sp³-hybridized carbons (Fsp3) is 0.136. The maximum atomic E-state index is 12.0. The number of carbonyl (C=O) groups excluding carboxylic acids is 2. The van der Waals surface area contributed by atoms with E-state index < -0.39 is 5.97 Å². The Morgan fingerprint density at radius 2 is 1.82 bits per heavy atom. The molecule has 1 aromatic heterocycles. The lowest BCUT2D eigenvalue weighted by Gasteiger charge is -2.03. The van der Waals surface area contributed by atoms with Crippen LogP contribution in [-0.2, 0) is 16.1 Å². The summed E-state index contributed by atoms with van der Waals surface area (Å²) in [6.07, 6.45) is 6.38. The van der Waals surface area contributed by atoms with Gasteiger partial charge in [0.05, 0.1) is 19.9 Å². The first-order valence-electron chi connectivity index (χ1n) is 8.72. The van der Waals surface area contributed by atoms with Crippen molar-refractivity contribution in [3.05, 3.63) is 89.8 Å². The van der Waals surface area contributed by atoms with Crippen LogP contribution in [0.15, 0.2) is 73.1 Å². The molecule has 2 aromatic carbocycles. The summed E-state index contributed by atoms with van der Waals surface area (Å²) in [5.74, 6) is -0.206. The van der Waals surface area contributed by atoms with Crippen LogP contribution in [0.2, 0.25) is 0 Å². The summed E-state index contributed by atoms with van der Waals surface area (Å²) in [6, 6.07) is 16.6. The molecule has 0 saturated heterocycles. The average Bonchev–Trinajstić information content (AvgIpc) is 3.18. The van der Waals surface area contributed by atoms with Gasteiger partial charge in [-0.1, -0.05) is 30.3 Å². The van der Waals surface area contributed by atoms with E-state index in [1.807, 2.05) is 36.5 Å². The summed E-state index contributed by atoms with van der Waals surface area (Å²) in [6.45, 7) is 0.332. The minimum absolute atomic E-state index is 0.278. The third-order valence-corrected chi connectivity index (χ3v) is 4.01. The molecule has 3 rings (SSSR count). The Kier molecular flexibility index (Phi) is 6.36. The quantitative estimate of drug-likeness (QED) is 0.342. The zero-order valence-electron chi connectivity index (χ0n) is 15.4. The van der Waals surface area contributed by atoms with Crippen LogP contribution in [0.5, 0.6) is 5.75 Å². The molecular formula is C22H20N2O4. The molecule has 0 fully saturated rings. The van der Waals surface area contributed by atoms with Crippen molar-refractivity contribution >= 4 is 17.8 Å². The Hall–Kier alpha value is -3.67. The molecule has 0 atom stereocenters. The minimum Gasteiger partial charge on any atom is -0.497 e. The lowest BCUT2D eigenvalue weighted by atomic mass is 10.1. The van der Waals surface area contributed by atoms with Gasteiger partial charge in [-0.15, -0.1) is 0 Å². The van der Waals surface area contributed by atoms with E-state index in [-0.39, 0.29) is 12.4 Å². The molecule has 6 heteroatoms. The second kappa shape index (κ2) is 9.32. The number of ether oxygens (including phenoxy) is 2. The maximum Gasteiger partial charge on any atom is 0.331 e. The van der Waals surface area contributed by atoms with Crippen molar-refractivity contribution in [3.63, 3.8) is 0 Å². The number of hydrogen-bond donors (Lipinski definition) is 0. The molecule has 142 valence electrons. The first-order valence-corrected chi connectivity index (χ1v) is 8.72. The Labute approximate surface area is 163 Å². The predicted octanol–water partition coefficient (Wildman–Crippen LogP) is 3.38. The highest BCUT2D eigenvalue weighted by Gasteiger charge is 2.08. The van der Waals surface area contributed by atoms with E-state index in [9.17, 15) is 9.59 Å². The zero-order chi connectivity index (χ0) is 19.8. The molecular weight excluding hydrogens is 356 g/mol. The van der Waals surface area contributed by atoms with E-state index >= 15 is 0 Å². The van der Waals surface area contributed by atoms with Crippen LogP contribution in [0.1, 0.15) is 21.5 Å². The first-order chi connectivity index (χ1) is 13.6. The van der Waals surface area contributed by atoms with Crippen molar-refractivity contribution in [1.29, 1.82) is 0 Å². The van der Waals surface area contributed by atoms with Crippen molar-refractivity contribution < 1.29 is 19.1 Å². The molecule has 3 aromatic rings. The van der Waals surface area contributed by atoms with Crippen LogP contribution in [0.3, 0.4) is 0 Å². The van der Waals surface area contributed by atoms with Gasteiger partial charge in [0.15, 0.2) is 12.4 Å². The van der Waals surface area contributed by atoms with Gasteiger partial charge in [-0.3, -0.25) is 9.48 Å². The largest absolute Gasteiger partial charge is 0.497 e. The minimum atomic E-state index is -0.585. The summed E-state index contributed by atoms with van der Waals surface area (Å²) in [5, 5.41) is 4.27. The van der Waals surface area contributed by atoms with E-state index in [2.05, 4.69) is 5.10 Å². The highest BCUT2D eigenvalue weighted by Crippen LogP contribution is 2.12. The number of aromatic nitrogens is 2. The van der Waals surface area contributed by atoms with E-state index in [0.717, 1.165) is 11.1 Å². The van der Waals surface area contributed by atoms with Crippen molar-refractivity contribution in [2.45, 2.75) is 6.54 Å². The molecule has 0 amide bonds. The van der Waals surface area contributed by atoms with Gasteiger partial charge in [0.2, 0.25) is 0 Å². The maximum absolute atomic E-state index is 12.0. The number of ketones is 1. The van der Waals surface area contributed by atoms with Gasteiger partial charge in [-0.2, -0.15) is 5.10 Å². The molecule has 0 bridgehead atoms. The Bertz CT molecular complexity index is 960. The molecule has 28 heavy (non-hydrogen) atoms. The van der Waals surface area contributed by atoms with Gasteiger partial charge in [-0.25, -0.2) is 4.79 Å². The van der Waals surface area contributed by atoms with Gasteiger partial charge >= 0.3 is 5.97 Å². The van der Waals surface area contributed by atoms with Gasteiger partial charge in [0, 0.05) is 23.4 Å². The lowest BCUT2D eigenvalue weighted by Crippen LogP contribution is -2.12. The molecule has 1 heterocycles. The molecule has 0 saturated carbocycles. The first kappa shape index (κ1) is 19.1.